The second-order valence-electron chi connectivity index (χ2n) is 9.73. The zero-order valence-corrected chi connectivity index (χ0v) is 21.2. The van der Waals surface area contributed by atoms with Gasteiger partial charge in [0.15, 0.2) is 0 Å². The molecule has 0 aliphatic carbocycles. The zero-order valence-electron chi connectivity index (χ0n) is 21.2. The van der Waals surface area contributed by atoms with E-state index in [-0.39, 0.29) is 12.2 Å². The van der Waals surface area contributed by atoms with E-state index in [1.165, 1.54) is 0 Å². The molecule has 0 radical (unpaired) electrons. The van der Waals surface area contributed by atoms with Gasteiger partial charge in [-0.25, -0.2) is 9.97 Å². The van der Waals surface area contributed by atoms with Gasteiger partial charge in [-0.1, -0.05) is 6.07 Å². The van der Waals surface area contributed by atoms with Crippen molar-refractivity contribution in [1.29, 1.82) is 0 Å². The molecule has 8 nitrogen and oxygen atoms in total. The van der Waals surface area contributed by atoms with E-state index in [2.05, 4.69) is 71.4 Å². The number of pyridine rings is 1. The second-order valence-corrected chi connectivity index (χ2v) is 9.73. The highest BCUT2D eigenvalue weighted by molar-refractivity contribution is 5.85. The highest BCUT2D eigenvalue weighted by Crippen LogP contribution is 2.30. The van der Waals surface area contributed by atoms with Crippen molar-refractivity contribution in [3.63, 3.8) is 0 Å². The van der Waals surface area contributed by atoms with Gasteiger partial charge in [0, 0.05) is 37.5 Å². The SMILES string of the molecule is Cc1nc(N2C[C@@H](C)O[C@H](C)C2)n2c1cnc1ccc(-c3ccc(OCCCN(C)C)nc3)cc12. The first-order valence-electron chi connectivity index (χ1n) is 12.3. The summed E-state index contributed by atoms with van der Waals surface area (Å²) in [5.41, 5.74) is 6.09. The maximum absolute atomic E-state index is 5.96. The zero-order chi connectivity index (χ0) is 24.5. The van der Waals surface area contributed by atoms with Crippen LogP contribution in [0.3, 0.4) is 0 Å². The standard InChI is InChI=1S/C27H34N6O2/c1-18-16-32(17-19(2)35-18)27-30-20(3)25-15-28-23-9-7-21(13-24(23)33(25)27)22-8-10-26(29-14-22)34-12-6-11-31(4)5/h7-10,13-15,18-19H,6,11-12,16-17H2,1-5H3/t18-,19-/m1/s1. The molecule has 1 aliphatic heterocycles. The van der Waals surface area contributed by atoms with Crippen molar-refractivity contribution in [1.82, 2.24) is 24.3 Å². The maximum atomic E-state index is 5.96. The fourth-order valence-corrected chi connectivity index (χ4v) is 4.78. The molecule has 0 saturated carbocycles. The number of benzene rings is 1. The fraction of sp³-hybridized carbons (Fsp3) is 0.444. The molecular weight excluding hydrogens is 440 g/mol. The average Bonchev–Trinajstić information content (AvgIpc) is 3.18. The highest BCUT2D eigenvalue weighted by Gasteiger charge is 2.26. The molecule has 2 atom stereocenters. The van der Waals surface area contributed by atoms with Crippen LogP contribution < -0.4 is 9.64 Å². The van der Waals surface area contributed by atoms with Crippen molar-refractivity contribution < 1.29 is 9.47 Å². The molecule has 1 fully saturated rings. The topological polar surface area (TPSA) is 68.0 Å². The number of aromatic nitrogens is 4. The molecule has 184 valence electrons. The molecule has 0 unspecified atom stereocenters. The summed E-state index contributed by atoms with van der Waals surface area (Å²) in [6.07, 6.45) is 5.08. The van der Waals surface area contributed by atoms with E-state index in [1.54, 1.807) is 0 Å². The van der Waals surface area contributed by atoms with Gasteiger partial charge in [-0.2, -0.15) is 0 Å². The van der Waals surface area contributed by atoms with Crippen LogP contribution in [0.15, 0.2) is 42.7 Å². The molecule has 1 aliphatic rings. The molecule has 4 aromatic rings. The van der Waals surface area contributed by atoms with Crippen molar-refractivity contribution in [2.45, 2.75) is 39.4 Å². The number of imidazole rings is 1. The minimum Gasteiger partial charge on any atom is -0.478 e. The number of rotatable bonds is 7. The van der Waals surface area contributed by atoms with Gasteiger partial charge >= 0.3 is 0 Å². The Morgan fingerprint density at radius 3 is 2.49 bits per heavy atom. The summed E-state index contributed by atoms with van der Waals surface area (Å²) < 4.78 is 14.0. The molecular formula is C27H34N6O2. The van der Waals surface area contributed by atoms with Gasteiger partial charge in [0.05, 0.1) is 47.3 Å². The first-order valence-corrected chi connectivity index (χ1v) is 12.3. The third kappa shape index (κ3) is 4.94. The molecule has 0 amide bonds. The second kappa shape index (κ2) is 9.79. The molecule has 8 heteroatoms. The number of nitrogens with zero attached hydrogens (tertiary/aromatic N) is 6. The van der Waals surface area contributed by atoms with Crippen molar-refractivity contribution in [2.75, 3.05) is 45.2 Å². The van der Waals surface area contributed by atoms with Gasteiger partial charge in [0.25, 0.3) is 0 Å². The van der Waals surface area contributed by atoms with Crippen molar-refractivity contribution in [3.8, 4) is 17.0 Å². The van der Waals surface area contributed by atoms with Crippen LogP contribution in [0.25, 0.3) is 27.7 Å². The molecule has 0 spiro atoms. The van der Waals surface area contributed by atoms with E-state index in [1.807, 2.05) is 25.4 Å². The van der Waals surface area contributed by atoms with Crippen LogP contribution in [0.1, 0.15) is 26.0 Å². The molecule has 0 N–H and O–H groups in total. The Labute approximate surface area is 206 Å². The van der Waals surface area contributed by atoms with Crippen LogP contribution >= 0.6 is 0 Å². The number of aryl methyl sites for hydroxylation is 1. The lowest BCUT2D eigenvalue weighted by atomic mass is 10.1. The third-order valence-electron chi connectivity index (χ3n) is 6.39. The van der Waals surface area contributed by atoms with Gasteiger partial charge < -0.3 is 19.3 Å². The van der Waals surface area contributed by atoms with E-state index in [0.29, 0.717) is 12.5 Å². The average molecular weight is 475 g/mol. The summed E-state index contributed by atoms with van der Waals surface area (Å²) in [5.74, 6) is 1.60. The van der Waals surface area contributed by atoms with Crippen molar-refractivity contribution >= 4 is 22.5 Å². The van der Waals surface area contributed by atoms with Gasteiger partial charge in [0.1, 0.15) is 0 Å². The maximum Gasteiger partial charge on any atom is 0.213 e. The fourth-order valence-electron chi connectivity index (χ4n) is 4.78. The highest BCUT2D eigenvalue weighted by atomic mass is 16.5. The minimum atomic E-state index is 0.157. The van der Waals surface area contributed by atoms with E-state index < -0.39 is 0 Å². The number of hydrogen-bond donors (Lipinski definition) is 0. The lowest BCUT2D eigenvalue weighted by Gasteiger charge is -2.35. The first kappa shape index (κ1) is 23.5. The van der Waals surface area contributed by atoms with Crippen LogP contribution in [0, 0.1) is 6.92 Å². The number of hydrogen-bond acceptors (Lipinski definition) is 7. The monoisotopic (exact) mass is 474 g/mol. The van der Waals surface area contributed by atoms with Crippen molar-refractivity contribution in [3.05, 3.63) is 48.4 Å². The third-order valence-corrected chi connectivity index (χ3v) is 6.39. The summed E-state index contributed by atoms with van der Waals surface area (Å²) in [5, 5.41) is 0. The van der Waals surface area contributed by atoms with Crippen LogP contribution in [-0.4, -0.2) is 76.8 Å². The van der Waals surface area contributed by atoms with Gasteiger partial charge in [0.2, 0.25) is 11.8 Å². The Kier molecular flexibility index (Phi) is 6.58. The van der Waals surface area contributed by atoms with Crippen LogP contribution in [0.2, 0.25) is 0 Å². The number of fused-ring (bicyclic) bond motifs is 3. The molecule has 1 aromatic carbocycles. The Hall–Kier alpha value is -3.23. The van der Waals surface area contributed by atoms with Gasteiger partial charge in [-0.05, 0) is 65.0 Å². The predicted molar refractivity (Wildman–Crippen MR) is 139 cm³/mol. The summed E-state index contributed by atoms with van der Waals surface area (Å²) in [6.45, 7) is 9.56. The Balaban J connectivity index is 1.48. The molecule has 0 bridgehead atoms. The lowest BCUT2D eigenvalue weighted by Crippen LogP contribution is -2.46. The molecule has 35 heavy (non-hydrogen) atoms. The smallest absolute Gasteiger partial charge is 0.213 e. The van der Waals surface area contributed by atoms with E-state index >= 15 is 0 Å². The van der Waals surface area contributed by atoms with E-state index in [0.717, 1.165) is 65.4 Å². The Morgan fingerprint density at radius 1 is 1.00 bits per heavy atom. The largest absolute Gasteiger partial charge is 0.478 e. The predicted octanol–water partition coefficient (Wildman–Crippen LogP) is 4.20. The summed E-state index contributed by atoms with van der Waals surface area (Å²) in [4.78, 5) is 18.7. The van der Waals surface area contributed by atoms with Crippen LogP contribution in [0.5, 0.6) is 5.88 Å². The summed E-state index contributed by atoms with van der Waals surface area (Å²) in [6, 6.07) is 10.4. The number of anilines is 1. The summed E-state index contributed by atoms with van der Waals surface area (Å²) >= 11 is 0. The normalized spacial score (nSPS) is 18.6. The minimum absolute atomic E-state index is 0.157. The van der Waals surface area contributed by atoms with E-state index in [4.69, 9.17) is 19.4 Å². The Bertz CT molecular complexity index is 1310. The van der Waals surface area contributed by atoms with Crippen LogP contribution in [-0.2, 0) is 4.74 Å². The van der Waals surface area contributed by atoms with Crippen LogP contribution in [0.4, 0.5) is 5.95 Å². The summed E-state index contributed by atoms with van der Waals surface area (Å²) in [7, 11) is 4.13. The van der Waals surface area contributed by atoms with Gasteiger partial charge in [-0.3, -0.25) is 9.38 Å². The first-order chi connectivity index (χ1) is 16.9. The molecule has 3 aromatic heterocycles. The lowest BCUT2D eigenvalue weighted by molar-refractivity contribution is -0.00573. The Morgan fingerprint density at radius 2 is 1.77 bits per heavy atom. The van der Waals surface area contributed by atoms with E-state index in [9.17, 15) is 0 Å². The van der Waals surface area contributed by atoms with Crippen molar-refractivity contribution in [2.24, 2.45) is 0 Å². The molecule has 5 rings (SSSR count). The van der Waals surface area contributed by atoms with Gasteiger partial charge in [-0.15, -0.1) is 0 Å². The number of ether oxygens (including phenoxy) is 2. The molecule has 1 saturated heterocycles. The number of morpholine rings is 1. The molecule has 4 heterocycles. The quantitative estimate of drug-likeness (QED) is 0.372.